The average Bonchev–Trinajstić information content (AvgIpc) is 3.31. The number of likely N-dealkylation sites (N-methyl/N-ethyl adjacent to an activating group) is 1. The van der Waals surface area contributed by atoms with Gasteiger partial charge in [-0.2, -0.15) is 4.31 Å². The van der Waals surface area contributed by atoms with Crippen LogP contribution in [0.25, 0.3) is 0 Å². The van der Waals surface area contributed by atoms with Gasteiger partial charge in [0.2, 0.25) is 15.9 Å². The topological polar surface area (TPSA) is 73.0 Å². The molecule has 2 saturated heterocycles. The van der Waals surface area contributed by atoms with Crippen LogP contribution in [0.2, 0.25) is 0 Å². The molecule has 1 amide bonds. The van der Waals surface area contributed by atoms with Crippen molar-refractivity contribution in [3.63, 3.8) is 0 Å². The van der Waals surface area contributed by atoms with Crippen LogP contribution in [0.4, 0.5) is 11.4 Å². The van der Waals surface area contributed by atoms with Gasteiger partial charge < -0.3 is 15.1 Å². The zero-order valence-corrected chi connectivity index (χ0v) is 22.4. The smallest absolute Gasteiger partial charge is 0.244 e. The van der Waals surface area contributed by atoms with Crippen molar-refractivity contribution in [3.05, 3.63) is 52.6 Å². The molecule has 2 aromatic carbocycles. The van der Waals surface area contributed by atoms with Crippen molar-refractivity contribution in [1.29, 1.82) is 0 Å². The van der Waals surface area contributed by atoms with E-state index in [0.717, 1.165) is 66.4 Å². The van der Waals surface area contributed by atoms with Gasteiger partial charge in [0.25, 0.3) is 0 Å². The van der Waals surface area contributed by atoms with Crippen LogP contribution in [0, 0.1) is 27.7 Å². The monoisotopic (exact) mass is 498 g/mol. The lowest BCUT2D eigenvalue weighted by Crippen LogP contribution is -2.46. The summed E-state index contributed by atoms with van der Waals surface area (Å²) in [5.74, 6) is -0.263. The molecule has 1 atom stereocenters. The second-order valence-corrected chi connectivity index (χ2v) is 11.7. The number of hydrogen-bond donors (Lipinski definition) is 1. The second kappa shape index (κ2) is 10.3. The number of piperazine rings is 1. The molecule has 0 saturated carbocycles. The van der Waals surface area contributed by atoms with Crippen molar-refractivity contribution in [2.45, 2.75) is 58.4 Å². The highest BCUT2D eigenvalue weighted by atomic mass is 32.2. The van der Waals surface area contributed by atoms with Crippen molar-refractivity contribution in [3.8, 4) is 0 Å². The van der Waals surface area contributed by atoms with Gasteiger partial charge in [-0.3, -0.25) is 4.79 Å². The summed E-state index contributed by atoms with van der Waals surface area (Å²) in [6.07, 6.45) is 1.19. The Labute approximate surface area is 210 Å². The molecule has 0 aliphatic carbocycles. The number of anilines is 2. The minimum absolute atomic E-state index is 0.263. The van der Waals surface area contributed by atoms with E-state index in [1.165, 1.54) is 4.31 Å². The molecular formula is C27H38N4O3S. The Bertz CT molecular complexity index is 1180. The van der Waals surface area contributed by atoms with E-state index in [9.17, 15) is 13.2 Å². The zero-order chi connectivity index (χ0) is 25.3. The SMILES string of the molecule is CCN1CCN(c2ccc(NC(=O)C3CCCN3S(=O)(=O)c3c(C)cc(C)cc3C)c(C)c2)CC1. The van der Waals surface area contributed by atoms with Gasteiger partial charge in [0, 0.05) is 44.1 Å². The summed E-state index contributed by atoms with van der Waals surface area (Å²) in [7, 11) is -3.78. The predicted molar refractivity (Wildman–Crippen MR) is 142 cm³/mol. The molecule has 1 unspecified atom stereocenters. The number of carbonyl (C=O) groups excluding carboxylic acids is 1. The summed E-state index contributed by atoms with van der Waals surface area (Å²) >= 11 is 0. The van der Waals surface area contributed by atoms with E-state index in [-0.39, 0.29) is 5.91 Å². The molecule has 2 heterocycles. The first-order valence-electron chi connectivity index (χ1n) is 12.6. The van der Waals surface area contributed by atoms with Crippen LogP contribution in [0.1, 0.15) is 42.0 Å². The number of sulfonamides is 1. The number of benzene rings is 2. The maximum Gasteiger partial charge on any atom is 0.244 e. The van der Waals surface area contributed by atoms with Gasteiger partial charge in [-0.1, -0.05) is 24.6 Å². The van der Waals surface area contributed by atoms with Crippen LogP contribution in [-0.4, -0.2) is 68.8 Å². The maximum absolute atomic E-state index is 13.6. The van der Waals surface area contributed by atoms with E-state index in [1.807, 2.05) is 52.0 Å². The van der Waals surface area contributed by atoms with Crippen LogP contribution in [-0.2, 0) is 14.8 Å². The number of amides is 1. The normalized spacial score (nSPS) is 19.8. The third-order valence-electron chi connectivity index (χ3n) is 7.33. The minimum atomic E-state index is -3.78. The highest BCUT2D eigenvalue weighted by molar-refractivity contribution is 7.89. The first kappa shape index (κ1) is 25.7. The summed E-state index contributed by atoms with van der Waals surface area (Å²) < 4.78 is 28.6. The van der Waals surface area contributed by atoms with Crippen molar-refractivity contribution in [2.75, 3.05) is 49.5 Å². The van der Waals surface area contributed by atoms with Crippen LogP contribution in [0.5, 0.6) is 0 Å². The average molecular weight is 499 g/mol. The number of nitrogens with one attached hydrogen (secondary N) is 1. The highest BCUT2D eigenvalue weighted by Gasteiger charge is 2.40. The third-order valence-corrected chi connectivity index (χ3v) is 9.54. The first-order chi connectivity index (χ1) is 16.6. The van der Waals surface area contributed by atoms with Crippen LogP contribution in [0.15, 0.2) is 35.2 Å². The summed E-state index contributed by atoms with van der Waals surface area (Å²) in [4.78, 5) is 18.4. The summed E-state index contributed by atoms with van der Waals surface area (Å²) in [6.45, 7) is 15.3. The molecule has 2 aromatic rings. The van der Waals surface area contributed by atoms with Gasteiger partial charge in [-0.15, -0.1) is 0 Å². The Hall–Kier alpha value is -2.42. The molecule has 1 N–H and O–H groups in total. The lowest BCUT2D eigenvalue weighted by atomic mass is 10.1. The van der Waals surface area contributed by atoms with E-state index < -0.39 is 16.1 Å². The number of aryl methyl sites for hydroxylation is 4. The van der Waals surface area contributed by atoms with Crippen molar-refractivity contribution < 1.29 is 13.2 Å². The standard InChI is InChI=1S/C27H38N4O3S/c1-6-29-12-14-30(15-13-29)23-9-10-24(20(3)18-23)28-27(32)25-8-7-11-31(25)35(33,34)26-21(4)16-19(2)17-22(26)5/h9-10,16-18,25H,6-8,11-15H2,1-5H3,(H,28,32). The lowest BCUT2D eigenvalue weighted by molar-refractivity contribution is -0.119. The second-order valence-electron chi connectivity index (χ2n) is 9.91. The van der Waals surface area contributed by atoms with Gasteiger partial charge in [0.15, 0.2) is 0 Å². The number of nitrogens with zero attached hydrogens (tertiary/aromatic N) is 3. The van der Waals surface area contributed by atoms with E-state index in [0.29, 0.717) is 24.3 Å². The maximum atomic E-state index is 13.6. The van der Waals surface area contributed by atoms with Gasteiger partial charge in [0.05, 0.1) is 4.90 Å². The Morgan fingerprint density at radius 1 is 0.943 bits per heavy atom. The molecule has 2 aliphatic rings. The molecule has 0 bridgehead atoms. The Morgan fingerprint density at radius 2 is 1.60 bits per heavy atom. The van der Waals surface area contributed by atoms with E-state index >= 15 is 0 Å². The fourth-order valence-electron chi connectivity index (χ4n) is 5.50. The summed E-state index contributed by atoms with van der Waals surface area (Å²) in [5, 5.41) is 3.02. The molecule has 4 rings (SSSR count). The minimum Gasteiger partial charge on any atom is -0.369 e. The molecule has 2 fully saturated rings. The summed E-state index contributed by atoms with van der Waals surface area (Å²) in [6, 6.07) is 9.17. The number of rotatable bonds is 6. The van der Waals surface area contributed by atoms with Crippen LogP contribution < -0.4 is 10.2 Å². The Morgan fingerprint density at radius 3 is 2.20 bits per heavy atom. The first-order valence-corrected chi connectivity index (χ1v) is 14.0. The Balaban J connectivity index is 1.50. The molecule has 0 radical (unpaired) electrons. The fraction of sp³-hybridized carbons (Fsp3) is 0.519. The molecule has 0 aromatic heterocycles. The van der Waals surface area contributed by atoms with Gasteiger partial charge >= 0.3 is 0 Å². The number of hydrogen-bond acceptors (Lipinski definition) is 5. The quantitative estimate of drug-likeness (QED) is 0.655. The molecule has 8 heteroatoms. The molecule has 190 valence electrons. The van der Waals surface area contributed by atoms with Gasteiger partial charge in [0.1, 0.15) is 6.04 Å². The number of carbonyl (C=O) groups is 1. The predicted octanol–water partition coefficient (Wildman–Crippen LogP) is 3.85. The Kier molecular flexibility index (Phi) is 7.54. The van der Waals surface area contributed by atoms with Crippen molar-refractivity contribution in [1.82, 2.24) is 9.21 Å². The zero-order valence-electron chi connectivity index (χ0n) is 21.6. The van der Waals surface area contributed by atoms with Crippen LogP contribution in [0.3, 0.4) is 0 Å². The van der Waals surface area contributed by atoms with Gasteiger partial charge in [-0.25, -0.2) is 8.42 Å². The molecule has 7 nitrogen and oxygen atoms in total. The summed E-state index contributed by atoms with van der Waals surface area (Å²) in [5.41, 5.74) is 5.34. The third kappa shape index (κ3) is 5.25. The molecule has 35 heavy (non-hydrogen) atoms. The van der Waals surface area contributed by atoms with Gasteiger partial charge in [-0.05, 0) is 82.0 Å². The molecule has 2 aliphatic heterocycles. The van der Waals surface area contributed by atoms with E-state index in [2.05, 4.69) is 28.1 Å². The largest absolute Gasteiger partial charge is 0.369 e. The van der Waals surface area contributed by atoms with Crippen LogP contribution >= 0.6 is 0 Å². The van der Waals surface area contributed by atoms with E-state index in [4.69, 9.17) is 0 Å². The molecular weight excluding hydrogens is 460 g/mol. The fourth-order valence-corrected chi connectivity index (χ4v) is 7.58. The van der Waals surface area contributed by atoms with E-state index in [1.54, 1.807) is 0 Å². The highest BCUT2D eigenvalue weighted by Crippen LogP contribution is 2.32. The lowest BCUT2D eigenvalue weighted by Gasteiger charge is -2.35. The van der Waals surface area contributed by atoms with Crippen molar-refractivity contribution in [2.24, 2.45) is 0 Å². The molecule has 0 spiro atoms. The van der Waals surface area contributed by atoms with Crippen molar-refractivity contribution >= 4 is 27.3 Å².